The molecule has 3 aromatic carbocycles. The summed E-state index contributed by atoms with van der Waals surface area (Å²) in [7, 11) is 0. The van der Waals surface area contributed by atoms with Gasteiger partial charge in [0.05, 0.1) is 5.56 Å². The van der Waals surface area contributed by atoms with E-state index in [-0.39, 0.29) is 11.3 Å². The van der Waals surface area contributed by atoms with E-state index in [1.54, 1.807) is 0 Å². The Labute approximate surface area is 218 Å². The zero-order chi connectivity index (χ0) is 26.7. The molecule has 6 rings (SSSR count). The van der Waals surface area contributed by atoms with Crippen LogP contribution in [-0.2, 0) is 19.0 Å². The van der Waals surface area contributed by atoms with Crippen LogP contribution in [-0.4, -0.2) is 5.78 Å². The fraction of sp³-hybridized carbons (Fsp3) is 0.156. The Morgan fingerprint density at radius 1 is 0.842 bits per heavy atom. The van der Waals surface area contributed by atoms with Gasteiger partial charge >= 0.3 is 6.18 Å². The van der Waals surface area contributed by atoms with Crippen LogP contribution in [0.25, 0.3) is 23.3 Å². The number of carbonyl (C=O) groups is 1. The molecule has 0 amide bonds. The molecule has 1 N–H and O–H groups in total. The van der Waals surface area contributed by atoms with Crippen LogP contribution in [0.15, 0.2) is 91.3 Å². The number of hydrogen-bond acceptors (Lipinski definition) is 2. The maximum Gasteiger partial charge on any atom is 0.419 e. The third kappa shape index (κ3) is 5.25. The molecule has 6 heteroatoms. The summed E-state index contributed by atoms with van der Waals surface area (Å²) in [5.74, 6) is -2.27. The van der Waals surface area contributed by atoms with Gasteiger partial charge in [-0.05, 0) is 76.2 Å². The predicted octanol–water partition coefficient (Wildman–Crippen LogP) is 6.25. The number of nitrogens with one attached hydrogen (secondary N) is 1. The van der Waals surface area contributed by atoms with Crippen LogP contribution in [0.3, 0.4) is 0 Å². The monoisotopic (exact) mass is 515 g/mol. The highest BCUT2D eigenvalue weighted by molar-refractivity contribution is 6.01. The van der Waals surface area contributed by atoms with Gasteiger partial charge in [-0.3, -0.25) is 4.79 Å². The van der Waals surface area contributed by atoms with Gasteiger partial charge in [-0.25, -0.2) is 4.39 Å². The standard InChI is InChI=1S/C26H18F4O.C6H7N/c27-24-14-18(9-12-23(24)26(28,29)30)25(31)17-6-5-16-8-10-20-19-4-2-1-3-15(19)7-11-21(20)22(16)13-17;1-2-4-6-7-5-3-1/h1-4,8-14,17H,5-7H2;1-7H. The van der Waals surface area contributed by atoms with Crippen molar-refractivity contribution < 1.29 is 22.4 Å². The molecule has 0 fully saturated rings. The Bertz CT molecular complexity index is 1580. The van der Waals surface area contributed by atoms with Crippen molar-refractivity contribution in [3.05, 3.63) is 130 Å². The molecule has 0 aromatic heterocycles. The van der Waals surface area contributed by atoms with E-state index in [0.717, 1.165) is 34.1 Å². The van der Waals surface area contributed by atoms with E-state index in [4.69, 9.17) is 0 Å². The van der Waals surface area contributed by atoms with Crippen molar-refractivity contribution in [1.82, 2.24) is 5.32 Å². The van der Waals surface area contributed by atoms with Crippen molar-refractivity contribution in [1.29, 1.82) is 0 Å². The number of aryl methyl sites for hydroxylation is 1. The predicted molar refractivity (Wildman–Crippen MR) is 142 cm³/mol. The number of allylic oxidation sites excluding steroid dienone is 4. The number of ketones is 1. The normalized spacial score (nSPS) is 16.8. The maximum absolute atomic E-state index is 14.0. The molecule has 1 unspecified atom stereocenters. The minimum absolute atomic E-state index is 0.0330. The first kappa shape index (κ1) is 25.5. The third-order valence-corrected chi connectivity index (χ3v) is 6.92. The van der Waals surface area contributed by atoms with Crippen molar-refractivity contribution in [3.63, 3.8) is 0 Å². The first-order valence-corrected chi connectivity index (χ1v) is 12.4. The van der Waals surface area contributed by atoms with Crippen LogP contribution in [0.4, 0.5) is 17.6 Å². The Balaban J connectivity index is 0.000000366. The summed E-state index contributed by atoms with van der Waals surface area (Å²) in [6, 6.07) is 14.8. The molecule has 3 aromatic rings. The topological polar surface area (TPSA) is 29.1 Å². The lowest BCUT2D eigenvalue weighted by Gasteiger charge is -2.21. The van der Waals surface area contributed by atoms with Crippen LogP contribution in [0.1, 0.15) is 33.5 Å². The zero-order valence-electron chi connectivity index (χ0n) is 20.4. The zero-order valence-corrected chi connectivity index (χ0v) is 20.4. The summed E-state index contributed by atoms with van der Waals surface area (Å²) in [4.78, 5) is 13.0. The van der Waals surface area contributed by atoms with Crippen molar-refractivity contribution in [2.45, 2.75) is 25.4 Å². The first-order valence-electron chi connectivity index (χ1n) is 12.4. The van der Waals surface area contributed by atoms with E-state index < -0.39 is 23.5 Å². The van der Waals surface area contributed by atoms with Gasteiger partial charge in [0.1, 0.15) is 5.82 Å². The van der Waals surface area contributed by atoms with Crippen LogP contribution in [0.5, 0.6) is 0 Å². The van der Waals surface area contributed by atoms with Crippen molar-refractivity contribution in [2.75, 3.05) is 0 Å². The van der Waals surface area contributed by atoms with Crippen LogP contribution in [0, 0.1) is 11.7 Å². The number of alkyl halides is 3. The lowest BCUT2D eigenvalue weighted by atomic mass is 9.82. The van der Waals surface area contributed by atoms with E-state index in [2.05, 4.69) is 35.7 Å². The molecule has 2 nitrogen and oxygen atoms in total. The summed E-state index contributed by atoms with van der Waals surface area (Å²) in [5.41, 5.74) is 3.30. The molecule has 38 heavy (non-hydrogen) atoms. The highest BCUT2D eigenvalue weighted by Crippen LogP contribution is 2.32. The maximum atomic E-state index is 14.0. The average Bonchev–Trinajstić information content (AvgIpc) is 3.25. The largest absolute Gasteiger partial charge is 0.419 e. The Hall–Kier alpha value is -4.19. The number of rotatable bonds is 2. The molecule has 3 aliphatic rings. The van der Waals surface area contributed by atoms with Gasteiger partial charge in [-0.15, -0.1) is 0 Å². The Morgan fingerprint density at radius 3 is 2.34 bits per heavy atom. The van der Waals surface area contributed by atoms with E-state index in [0.29, 0.717) is 25.0 Å². The minimum Gasteiger partial charge on any atom is -0.368 e. The van der Waals surface area contributed by atoms with Crippen molar-refractivity contribution >= 4 is 17.9 Å². The lowest BCUT2D eigenvalue weighted by molar-refractivity contribution is -0.140. The van der Waals surface area contributed by atoms with Crippen molar-refractivity contribution in [2.24, 2.45) is 5.92 Å². The Morgan fingerprint density at radius 2 is 1.61 bits per heavy atom. The van der Waals surface area contributed by atoms with Gasteiger partial charge in [0.2, 0.25) is 0 Å². The third-order valence-electron chi connectivity index (χ3n) is 6.92. The van der Waals surface area contributed by atoms with Gasteiger partial charge in [0.25, 0.3) is 0 Å². The molecule has 1 aliphatic heterocycles. The smallest absolute Gasteiger partial charge is 0.368 e. The number of Topliss-reactive ketones (excluding diaryl/α,β-unsaturated/α-hetero) is 1. The highest BCUT2D eigenvalue weighted by Gasteiger charge is 2.34. The fourth-order valence-electron chi connectivity index (χ4n) is 5.04. The number of benzene rings is 3. The van der Waals surface area contributed by atoms with E-state index in [1.165, 1.54) is 11.1 Å². The second-order valence-corrected chi connectivity index (χ2v) is 9.30. The summed E-state index contributed by atoms with van der Waals surface area (Å²) in [5, 5.41) is 5.02. The molecule has 1 heterocycles. The van der Waals surface area contributed by atoms with Crippen LogP contribution < -0.4 is 15.8 Å². The summed E-state index contributed by atoms with van der Waals surface area (Å²) in [6.45, 7) is 0. The van der Waals surface area contributed by atoms with Crippen LogP contribution >= 0.6 is 0 Å². The SMILES string of the molecule is C1=CC=CNC=C1.O=C(c1ccc(C(F)(F)F)c(F)c1)C1C=c2c(ccc3c2=CCc2ccccc2-3)CC1. The quantitative estimate of drug-likeness (QED) is 0.323. The van der Waals surface area contributed by atoms with Gasteiger partial charge in [-0.1, -0.05) is 66.8 Å². The molecule has 0 radical (unpaired) electrons. The number of fused-ring (bicyclic) bond motifs is 5. The highest BCUT2D eigenvalue weighted by atomic mass is 19.4. The van der Waals surface area contributed by atoms with Crippen molar-refractivity contribution in [3.8, 4) is 11.1 Å². The second kappa shape index (κ2) is 10.7. The molecule has 1 atom stereocenters. The van der Waals surface area contributed by atoms with Gasteiger partial charge in [0.15, 0.2) is 5.78 Å². The van der Waals surface area contributed by atoms with Gasteiger partial charge < -0.3 is 5.32 Å². The molecule has 192 valence electrons. The average molecular weight is 516 g/mol. The fourth-order valence-corrected chi connectivity index (χ4v) is 5.04. The number of hydrogen-bond donors (Lipinski definition) is 1. The van der Waals surface area contributed by atoms with Gasteiger partial charge in [0, 0.05) is 23.9 Å². The molecule has 0 saturated heterocycles. The summed E-state index contributed by atoms with van der Waals surface area (Å²) in [6.07, 6.45) is 12.9. The molecule has 0 spiro atoms. The van der Waals surface area contributed by atoms with E-state index >= 15 is 0 Å². The minimum atomic E-state index is -4.78. The molecule has 0 saturated carbocycles. The first-order chi connectivity index (χ1) is 18.3. The van der Waals surface area contributed by atoms with E-state index in [1.807, 2.05) is 54.9 Å². The van der Waals surface area contributed by atoms with Crippen LogP contribution in [0.2, 0.25) is 0 Å². The Kier molecular flexibility index (Phi) is 7.14. The number of carbonyl (C=O) groups excluding carboxylic acids is 1. The lowest BCUT2D eigenvalue weighted by Crippen LogP contribution is -2.37. The molecule has 0 bridgehead atoms. The molecular weight excluding hydrogens is 490 g/mol. The summed E-state index contributed by atoms with van der Waals surface area (Å²) < 4.78 is 52.5. The molecular formula is C32H25F4NO. The van der Waals surface area contributed by atoms with Gasteiger partial charge in [-0.2, -0.15) is 13.2 Å². The van der Waals surface area contributed by atoms with E-state index in [9.17, 15) is 22.4 Å². The molecule has 2 aliphatic carbocycles. The number of halogens is 4. The second-order valence-electron chi connectivity index (χ2n) is 9.30. The summed E-state index contributed by atoms with van der Waals surface area (Å²) >= 11 is 0.